The van der Waals surface area contributed by atoms with Gasteiger partial charge in [0.05, 0.1) is 12.7 Å². The summed E-state index contributed by atoms with van der Waals surface area (Å²) in [5.74, 6) is 0.577. The topological polar surface area (TPSA) is 58.7 Å². The lowest BCUT2D eigenvalue weighted by Crippen LogP contribution is -2.49. The standard InChI is InChI=1S/C12H26N2O2/c1-3-10-7-14(6-5-12(10)13)8-11(15)9-16-4-2/h10-12,15H,3-9,13H2,1-2H3. The average molecular weight is 230 g/mol. The number of ether oxygens (including phenoxy) is 1. The maximum absolute atomic E-state index is 9.76. The fourth-order valence-corrected chi connectivity index (χ4v) is 2.33. The summed E-state index contributed by atoms with van der Waals surface area (Å²) in [6.45, 7) is 7.96. The molecule has 0 amide bonds. The first-order chi connectivity index (χ1) is 7.67. The summed E-state index contributed by atoms with van der Waals surface area (Å²) >= 11 is 0. The van der Waals surface area contributed by atoms with Crippen LogP contribution in [0.5, 0.6) is 0 Å². The van der Waals surface area contributed by atoms with Crippen LogP contribution in [0, 0.1) is 5.92 Å². The van der Waals surface area contributed by atoms with Crippen LogP contribution in [0.15, 0.2) is 0 Å². The maximum Gasteiger partial charge on any atom is 0.0900 e. The first-order valence-electron chi connectivity index (χ1n) is 6.41. The number of piperidine rings is 1. The molecular weight excluding hydrogens is 204 g/mol. The molecule has 1 aliphatic rings. The molecule has 1 rings (SSSR count). The van der Waals surface area contributed by atoms with Crippen molar-refractivity contribution in [3.63, 3.8) is 0 Å². The fourth-order valence-electron chi connectivity index (χ4n) is 2.33. The lowest BCUT2D eigenvalue weighted by Gasteiger charge is -2.37. The number of hydrogen-bond acceptors (Lipinski definition) is 4. The van der Waals surface area contributed by atoms with Crippen LogP contribution in [-0.2, 0) is 4.74 Å². The highest BCUT2D eigenvalue weighted by Crippen LogP contribution is 2.18. The van der Waals surface area contributed by atoms with Crippen molar-refractivity contribution in [3.8, 4) is 0 Å². The first kappa shape index (κ1) is 13.9. The van der Waals surface area contributed by atoms with Gasteiger partial charge in [-0.2, -0.15) is 0 Å². The molecule has 1 heterocycles. The second-order valence-electron chi connectivity index (χ2n) is 4.69. The largest absolute Gasteiger partial charge is 0.389 e. The Hall–Kier alpha value is -0.160. The third kappa shape index (κ3) is 4.37. The van der Waals surface area contributed by atoms with Gasteiger partial charge < -0.3 is 20.5 Å². The molecule has 0 saturated carbocycles. The van der Waals surface area contributed by atoms with Gasteiger partial charge in [0.2, 0.25) is 0 Å². The maximum atomic E-state index is 9.76. The van der Waals surface area contributed by atoms with Gasteiger partial charge in [-0.15, -0.1) is 0 Å². The van der Waals surface area contributed by atoms with Crippen molar-refractivity contribution < 1.29 is 9.84 Å². The van der Waals surface area contributed by atoms with E-state index >= 15 is 0 Å². The van der Waals surface area contributed by atoms with Gasteiger partial charge in [0.15, 0.2) is 0 Å². The molecule has 1 saturated heterocycles. The van der Waals surface area contributed by atoms with Crippen molar-refractivity contribution >= 4 is 0 Å². The van der Waals surface area contributed by atoms with Crippen LogP contribution >= 0.6 is 0 Å². The number of rotatable bonds is 6. The second kappa shape index (κ2) is 7.22. The number of nitrogens with zero attached hydrogens (tertiary/aromatic N) is 1. The molecule has 1 aliphatic heterocycles. The number of nitrogens with two attached hydrogens (primary N) is 1. The molecule has 3 unspecified atom stereocenters. The second-order valence-corrected chi connectivity index (χ2v) is 4.69. The summed E-state index contributed by atoms with van der Waals surface area (Å²) in [5.41, 5.74) is 6.05. The van der Waals surface area contributed by atoms with Gasteiger partial charge in [-0.25, -0.2) is 0 Å². The Balaban J connectivity index is 2.27. The number of hydrogen-bond donors (Lipinski definition) is 2. The van der Waals surface area contributed by atoms with E-state index in [-0.39, 0.29) is 6.10 Å². The minimum Gasteiger partial charge on any atom is -0.389 e. The zero-order valence-corrected chi connectivity index (χ0v) is 10.6. The smallest absolute Gasteiger partial charge is 0.0900 e. The molecule has 3 N–H and O–H groups in total. The number of likely N-dealkylation sites (tertiary alicyclic amines) is 1. The van der Waals surface area contributed by atoms with Crippen LogP contribution in [-0.4, -0.2) is 55.0 Å². The van der Waals surface area contributed by atoms with Crippen molar-refractivity contribution in [2.24, 2.45) is 11.7 Å². The highest BCUT2D eigenvalue weighted by molar-refractivity contribution is 4.82. The van der Waals surface area contributed by atoms with Crippen molar-refractivity contribution in [1.29, 1.82) is 0 Å². The Morgan fingerprint density at radius 1 is 1.50 bits per heavy atom. The summed E-state index contributed by atoms with van der Waals surface area (Å²) in [6, 6.07) is 0.338. The summed E-state index contributed by atoms with van der Waals surface area (Å²) < 4.78 is 5.21. The molecule has 3 atom stereocenters. The average Bonchev–Trinajstić information content (AvgIpc) is 2.29. The predicted molar refractivity (Wildman–Crippen MR) is 65.3 cm³/mol. The number of β-amino-alcohol motifs (C(OH)–C–C–N with tert-alkyl or cyclic N) is 1. The summed E-state index contributed by atoms with van der Waals surface area (Å²) in [4.78, 5) is 2.31. The Kier molecular flexibility index (Phi) is 6.28. The number of aliphatic hydroxyl groups is 1. The van der Waals surface area contributed by atoms with Crippen LogP contribution < -0.4 is 5.73 Å². The molecule has 4 nitrogen and oxygen atoms in total. The zero-order chi connectivity index (χ0) is 12.0. The quantitative estimate of drug-likeness (QED) is 0.695. The fraction of sp³-hybridized carbons (Fsp3) is 1.00. The Morgan fingerprint density at radius 2 is 2.25 bits per heavy atom. The molecule has 4 heteroatoms. The summed E-state index contributed by atoms with van der Waals surface area (Å²) in [7, 11) is 0. The van der Waals surface area contributed by atoms with E-state index in [2.05, 4.69) is 11.8 Å². The van der Waals surface area contributed by atoms with E-state index in [9.17, 15) is 5.11 Å². The van der Waals surface area contributed by atoms with Crippen molar-refractivity contribution in [1.82, 2.24) is 4.90 Å². The van der Waals surface area contributed by atoms with Crippen molar-refractivity contribution in [2.75, 3.05) is 32.8 Å². The molecular formula is C12H26N2O2. The number of aliphatic hydroxyl groups excluding tert-OH is 1. The zero-order valence-electron chi connectivity index (χ0n) is 10.6. The minimum atomic E-state index is -0.369. The van der Waals surface area contributed by atoms with Gasteiger partial charge >= 0.3 is 0 Å². The van der Waals surface area contributed by atoms with E-state index in [0.717, 1.165) is 25.9 Å². The van der Waals surface area contributed by atoms with Gasteiger partial charge in [-0.1, -0.05) is 13.3 Å². The molecule has 16 heavy (non-hydrogen) atoms. The predicted octanol–water partition coefficient (Wildman–Crippen LogP) is 0.443. The highest BCUT2D eigenvalue weighted by atomic mass is 16.5. The molecule has 0 aliphatic carbocycles. The normalized spacial score (nSPS) is 29.2. The van der Waals surface area contributed by atoms with Gasteiger partial charge in [0.1, 0.15) is 0 Å². The van der Waals surface area contributed by atoms with Crippen LogP contribution in [0.3, 0.4) is 0 Å². The van der Waals surface area contributed by atoms with Crippen LogP contribution in [0.2, 0.25) is 0 Å². The molecule has 0 spiro atoms. The SMILES string of the molecule is CCOCC(O)CN1CCC(N)C(CC)C1. The third-order valence-electron chi connectivity index (χ3n) is 3.38. The third-order valence-corrected chi connectivity index (χ3v) is 3.38. The van der Waals surface area contributed by atoms with Crippen LogP contribution in [0.4, 0.5) is 0 Å². The van der Waals surface area contributed by atoms with E-state index in [1.165, 1.54) is 0 Å². The van der Waals surface area contributed by atoms with E-state index < -0.39 is 0 Å². The van der Waals surface area contributed by atoms with E-state index in [1.54, 1.807) is 0 Å². The molecule has 0 aromatic carbocycles. The minimum absolute atomic E-state index is 0.338. The van der Waals surface area contributed by atoms with Gasteiger partial charge in [0, 0.05) is 25.7 Å². The lowest BCUT2D eigenvalue weighted by molar-refractivity contribution is 0.0108. The van der Waals surface area contributed by atoms with Gasteiger partial charge in [0.25, 0.3) is 0 Å². The summed E-state index contributed by atoms with van der Waals surface area (Å²) in [6.07, 6.45) is 1.80. The molecule has 1 fully saturated rings. The first-order valence-corrected chi connectivity index (χ1v) is 6.41. The Bertz CT molecular complexity index is 190. The molecule has 0 aromatic heterocycles. The van der Waals surface area contributed by atoms with E-state index in [1.807, 2.05) is 6.92 Å². The van der Waals surface area contributed by atoms with Crippen LogP contribution in [0.1, 0.15) is 26.7 Å². The Morgan fingerprint density at radius 3 is 2.88 bits per heavy atom. The molecule has 0 bridgehead atoms. The Labute approximate surface area is 98.8 Å². The molecule has 0 aromatic rings. The van der Waals surface area contributed by atoms with Crippen molar-refractivity contribution in [3.05, 3.63) is 0 Å². The molecule has 96 valence electrons. The highest BCUT2D eigenvalue weighted by Gasteiger charge is 2.26. The monoisotopic (exact) mass is 230 g/mol. The molecule has 0 radical (unpaired) electrons. The van der Waals surface area contributed by atoms with Crippen molar-refractivity contribution in [2.45, 2.75) is 38.8 Å². The van der Waals surface area contributed by atoms with E-state index in [0.29, 0.717) is 31.7 Å². The lowest BCUT2D eigenvalue weighted by atomic mass is 9.90. The summed E-state index contributed by atoms with van der Waals surface area (Å²) in [5, 5.41) is 9.76. The van der Waals surface area contributed by atoms with Gasteiger partial charge in [-0.05, 0) is 25.8 Å². The van der Waals surface area contributed by atoms with E-state index in [4.69, 9.17) is 10.5 Å². The van der Waals surface area contributed by atoms with Crippen LogP contribution in [0.25, 0.3) is 0 Å². The van der Waals surface area contributed by atoms with Gasteiger partial charge in [-0.3, -0.25) is 0 Å².